The number of hydrogen-bond acceptors (Lipinski definition) is 3. The molecule has 1 saturated heterocycles. The van der Waals surface area contributed by atoms with Crippen molar-refractivity contribution in [2.24, 2.45) is 0 Å². The molecule has 2 aromatic carbocycles. The summed E-state index contributed by atoms with van der Waals surface area (Å²) in [5.74, 6) is 0. The Hall–Kier alpha value is -1.69. The van der Waals surface area contributed by atoms with Crippen molar-refractivity contribution >= 4 is 10.0 Å². The Labute approximate surface area is 163 Å². The van der Waals surface area contributed by atoms with Gasteiger partial charge in [0.2, 0.25) is 10.0 Å². The van der Waals surface area contributed by atoms with Crippen LogP contribution in [0.5, 0.6) is 0 Å². The number of nitrogens with zero attached hydrogens (tertiary/aromatic N) is 1. The fourth-order valence-electron chi connectivity index (χ4n) is 3.46. The van der Waals surface area contributed by atoms with Gasteiger partial charge in [-0.15, -0.1) is 0 Å². The number of benzene rings is 2. The Morgan fingerprint density at radius 1 is 0.963 bits per heavy atom. The molecule has 0 bridgehead atoms. The van der Waals surface area contributed by atoms with Crippen LogP contribution in [-0.4, -0.2) is 32.4 Å². The third-order valence-corrected chi connectivity index (χ3v) is 6.73. The van der Waals surface area contributed by atoms with Crippen LogP contribution in [-0.2, 0) is 22.0 Å². The van der Waals surface area contributed by atoms with Gasteiger partial charge in [-0.3, -0.25) is 4.90 Å². The molecular weight excluding hydrogens is 356 g/mol. The molecule has 4 nitrogen and oxygen atoms in total. The second-order valence-electron chi connectivity index (χ2n) is 8.43. The number of sulfonamides is 1. The summed E-state index contributed by atoms with van der Waals surface area (Å²) in [5.41, 5.74) is 2.83. The lowest BCUT2D eigenvalue weighted by Gasteiger charge is -2.32. The summed E-state index contributed by atoms with van der Waals surface area (Å²) in [7, 11) is -3.42. The predicted octanol–water partition coefficient (Wildman–Crippen LogP) is 3.93. The van der Waals surface area contributed by atoms with Gasteiger partial charge in [0, 0.05) is 25.7 Å². The topological polar surface area (TPSA) is 49.4 Å². The maximum absolute atomic E-state index is 12.5. The molecule has 146 valence electrons. The van der Waals surface area contributed by atoms with Crippen LogP contribution in [0.2, 0.25) is 0 Å². The summed E-state index contributed by atoms with van der Waals surface area (Å²) in [6, 6.07) is 17.5. The van der Waals surface area contributed by atoms with Gasteiger partial charge < -0.3 is 0 Å². The van der Waals surface area contributed by atoms with Crippen LogP contribution in [0.3, 0.4) is 0 Å². The molecule has 2 aromatic rings. The van der Waals surface area contributed by atoms with Crippen molar-refractivity contribution in [3.05, 3.63) is 65.7 Å². The normalized spacial score (nSPS) is 17.1. The monoisotopic (exact) mass is 386 g/mol. The molecule has 1 fully saturated rings. The zero-order chi connectivity index (χ0) is 19.5. The molecule has 0 aliphatic carbocycles. The molecule has 5 heteroatoms. The highest BCUT2D eigenvalue weighted by Gasteiger charge is 2.24. The molecule has 27 heavy (non-hydrogen) atoms. The third kappa shape index (κ3) is 5.41. The molecule has 1 aliphatic heterocycles. The summed E-state index contributed by atoms with van der Waals surface area (Å²) in [5, 5.41) is 0. The number of piperidine rings is 1. The second-order valence-corrected chi connectivity index (χ2v) is 10.1. The summed E-state index contributed by atoms with van der Waals surface area (Å²) in [6.07, 6.45) is 1.68. The van der Waals surface area contributed by atoms with Gasteiger partial charge in [0.05, 0.1) is 4.90 Å². The Morgan fingerprint density at radius 2 is 1.56 bits per heavy atom. The number of rotatable bonds is 5. The average Bonchev–Trinajstić information content (AvgIpc) is 2.64. The third-order valence-electron chi connectivity index (χ3n) is 5.19. The van der Waals surface area contributed by atoms with Crippen molar-refractivity contribution < 1.29 is 8.42 Å². The Morgan fingerprint density at radius 3 is 2.11 bits per heavy atom. The van der Waals surface area contributed by atoms with Gasteiger partial charge in [-0.1, -0.05) is 63.2 Å². The molecule has 0 atom stereocenters. The minimum atomic E-state index is -3.42. The van der Waals surface area contributed by atoms with Gasteiger partial charge >= 0.3 is 0 Å². The van der Waals surface area contributed by atoms with E-state index in [1.807, 2.05) is 6.07 Å². The van der Waals surface area contributed by atoms with E-state index in [-0.39, 0.29) is 11.5 Å². The molecule has 0 aromatic heterocycles. The quantitative estimate of drug-likeness (QED) is 0.847. The average molecular weight is 387 g/mol. The lowest BCUT2D eigenvalue weighted by Crippen LogP contribution is -2.44. The summed E-state index contributed by atoms with van der Waals surface area (Å²) >= 11 is 0. The van der Waals surface area contributed by atoms with Gasteiger partial charge in [-0.05, 0) is 41.5 Å². The van der Waals surface area contributed by atoms with E-state index in [9.17, 15) is 8.42 Å². The largest absolute Gasteiger partial charge is 0.299 e. The maximum Gasteiger partial charge on any atom is 0.240 e. The highest BCUT2D eigenvalue weighted by Crippen LogP contribution is 2.23. The van der Waals surface area contributed by atoms with Gasteiger partial charge in [0.15, 0.2) is 0 Å². The lowest BCUT2D eigenvalue weighted by atomic mass is 9.86. The van der Waals surface area contributed by atoms with E-state index in [0.29, 0.717) is 4.90 Å². The van der Waals surface area contributed by atoms with Crippen molar-refractivity contribution in [3.63, 3.8) is 0 Å². The van der Waals surface area contributed by atoms with E-state index in [0.717, 1.165) is 32.5 Å². The van der Waals surface area contributed by atoms with Gasteiger partial charge in [0.1, 0.15) is 0 Å². The molecule has 0 saturated carbocycles. The number of nitrogens with one attached hydrogen (secondary N) is 1. The summed E-state index contributed by atoms with van der Waals surface area (Å²) in [4.78, 5) is 2.74. The minimum Gasteiger partial charge on any atom is -0.299 e. The first-order chi connectivity index (χ1) is 12.7. The summed E-state index contributed by atoms with van der Waals surface area (Å²) in [6.45, 7) is 9.41. The Balaban J connectivity index is 1.52. The first-order valence-corrected chi connectivity index (χ1v) is 11.1. The first kappa shape index (κ1) is 20.1. The zero-order valence-electron chi connectivity index (χ0n) is 16.5. The minimum absolute atomic E-state index is 0.00900. The predicted molar refractivity (Wildman–Crippen MR) is 110 cm³/mol. The van der Waals surface area contributed by atoms with Gasteiger partial charge in [-0.25, -0.2) is 13.1 Å². The second kappa shape index (κ2) is 8.13. The number of hydrogen-bond donors (Lipinski definition) is 1. The van der Waals surface area contributed by atoms with Crippen molar-refractivity contribution in [2.75, 3.05) is 13.1 Å². The number of likely N-dealkylation sites (tertiary alicyclic amines) is 1. The maximum atomic E-state index is 12.5. The van der Waals surface area contributed by atoms with Crippen LogP contribution >= 0.6 is 0 Å². The van der Waals surface area contributed by atoms with Gasteiger partial charge in [-0.2, -0.15) is 0 Å². The van der Waals surface area contributed by atoms with E-state index in [1.165, 1.54) is 11.1 Å². The fourth-order valence-corrected chi connectivity index (χ4v) is 4.79. The van der Waals surface area contributed by atoms with Crippen molar-refractivity contribution in [1.82, 2.24) is 9.62 Å². The highest BCUT2D eigenvalue weighted by atomic mass is 32.2. The van der Waals surface area contributed by atoms with E-state index < -0.39 is 10.0 Å². The van der Waals surface area contributed by atoms with Crippen LogP contribution in [0.1, 0.15) is 44.7 Å². The van der Waals surface area contributed by atoms with Crippen molar-refractivity contribution in [2.45, 2.75) is 56.5 Å². The molecule has 0 unspecified atom stereocenters. The lowest BCUT2D eigenvalue weighted by molar-refractivity contribution is 0.200. The smallest absolute Gasteiger partial charge is 0.240 e. The van der Waals surface area contributed by atoms with E-state index in [1.54, 1.807) is 24.3 Å². The van der Waals surface area contributed by atoms with Crippen molar-refractivity contribution in [3.8, 4) is 0 Å². The molecule has 1 heterocycles. The van der Waals surface area contributed by atoms with E-state index in [2.05, 4.69) is 54.7 Å². The standard InChI is InChI=1S/C22H30N2O2S/c1-22(2,3)19-11-9-18(10-12-19)17-24-15-13-20(14-16-24)23-27(25,26)21-7-5-4-6-8-21/h4-12,20,23H,13-17H2,1-3H3. The van der Waals surface area contributed by atoms with Crippen LogP contribution < -0.4 is 4.72 Å². The Kier molecular flexibility index (Phi) is 6.04. The molecule has 0 amide bonds. The molecule has 0 spiro atoms. The van der Waals surface area contributed by atoms with Crippen LogP contribution in [0.25, 0.3) is 0 Å². The first-order valence-electron chi connectivity index (χ1n) is 9.63. The molecule has 1 N–H and O–H groups in total. The highest BCUT2D eigenvalue weighted by molar-refractivity contribution is 7.89. The zero-order valence-corrected chi connectivity index (χ0v) is 17.3. The molecule has 3 rings (SSSR count). The SMILES string of the molecule is CC(C)(C)c1ccc(CN2CCC(NS(=O)(=O)c3ccccc3)CC2)cc1. The molecular formula is C22H30N2O2S. The van der Waals surface area contributed by atoms with Crippen LogP contribution in [0.15, 0.2) is 59.5 Å². The van der Waals surface area contributed by atoms with Crippen LogP contribution in [0, 0.1) is 0 Å². The molecule has 0 radical (unpaired) electrons. The summed E-state index contributed by atoms with van der Waals surface area (Å²) < 4.78 is 27.8. The Bertz CT molecular complexity index is 832. The van der Waals surface area contributed by atoms with E-state index in [4.69, 9.17) is 0 Å². The fraction of sp³-hybridized carbons (Fsp3) is 0.455. The van der Waals surface area contributed by atoms with Gasteiger partial charge in [0.25, 0.3) is 0 Å². The molecule has 1 aliphatic rings. The van der Waals surface area contributed by atoms with Crippen LogP contribution in [0.4, 0.5) is 0 Å². The van der Waals surface area contributed by atoms with Crippen molar-refractivity contribution in [1.29, 1.82) is 0 Å². The van der Waals surface area contributed by atoms with E-state index >= 15 is 0 Å².